The zero-order valence-corrected chi connectivity index (χ0v) is 11.9. The van der Waals surface area contributed by atoms with Gasteiger partial charge in [-0.25, -0.2) is 0 Å². The van der Waals surface area contributed by atoms with Crippen LogP contribution in [0, 0.1) is 5.92 Å². The summed E-state index contributed by atoms with van der Waals surface area (Å²) < 4.78 is 5.12. The van der Waals surface area contributed by atoms with E-state index in [9.17, 15) is 0 Å². The van der Waals surface area contributed by atoms with Crippen LogP contribution < -0.4 is 5.32 Å². The van der Waals surface area contributed by atoms with Gasteiger partial charge < -0.3 is 15.0 Å². The molecule has 0 amide bonds. The number of ether oxygens (including phenoxy) is 1. The van der Waals surface area contributed by atoms with Crippen LogP contribution in [-0.4, -0.2) is 50.8 Å². The molecule has 1 N–H and O–H groups in total. The summed E-state index contributed by atoms with van der Waals surface area (Å²) in [5.74, 6) is 0.973. The van der Waals surface area contributed by atoms with E-state index in [2.05, 4.69) is 24.1 Å². The van der Waals surface area contributed by atoms with Gasteiger partial charge in [0, 0.05) is 26.2 Å². The summed E-state index contributed by atoms with van der Waals surface area (Å²) in [6.07, 6.45) is 5.56. The molecule has 17 heavy (non-hydrogen) atoms. The predicted molar refractivity (Wildman–Crippen MR) is 73.4 cm³/mol. The average Bonchev–Trinajstić information content (AvgIpc) is 2.55. The average molecular weight is 242 g/mol. The molecule has 0 aromatic rings. The Labute approximate surface area is 107 Å². The van der Waals surface area contributed by atoms with Gasteiger partial charge in [-0.05, 0) is 45.2 Å². The third kappa shape index (κ3) is 6.39. The van der Waals surface area contributed by atoms with Crippen molar-refractivity contribution in [2.45, 2.75) is 45.6 Å². The van der Waals surface area contributed by atoms with Crippen molar-refractivity contribution in [2.75, 3.05) is 39.9 Å². The first kappa shape index (κ1) is 14.9. The second-order valence-corrected chi connectivity index (χ2v) is 5.36. The van der Waals surface area contributed by atoms with Gasteiger partial charge in [0.25, 0.3) is 0 Å². The summed E-state index contributed by atoms with van der Waals surface area (Å²) in [6.45, 7) is 10.2. The van der Waals surface area contributed by atoms with Gasteiger partial charge in [0.15, 0.2) is 0 Å². The molecule has 2 unspecified atom stereocenters. The van der Waals surface area contributed by atoms with Crippen molar-refractivity contribution in [2.24, 2.45) is 5.92 Å². The maximum Gasteiger partial charge on any atom is 0.0613 e. The first-order chi connectivity index (χ1) is 8.26. The zero-order valence-electron chi connectivity index (χ0n) is 11.9. The second-order valence-electron chi connectivity index (χ2n) is 5.36. The fraction of sp³-hybridized carbons (Fsp3) is 1.00. The fourth-order valence-electron chi connectivity index (χ4n) is 2.63. The standard InChI is InChI=1S/C14H30N2O/c1-4-14-6-5-9-16(10-7-14)11-8-15-13(2)12-17-3/h13-15H,4-12H2,1-3H3. The Morgan fingerprint density at radius 2 is 2.18 bits per heavy atom. The number of methoxy groups -OCH3 is 1. The molecule has 2 atom stereocenters. The van der Waals surface area contributed by atoms with E-state index >= 15 is 0 Å². The Morgan fingerprint density at radius 3 is 2.88 bits per heavy atom. The Kier molecular flexibility index (Phi) is 7.82. The van der Waals surface area contributed by atoms with Crippen molar-refractivity contribution < 1.29 is 4.74 Å². The smallest absolute Gasteiger partial charge is 0.0613 e. The zero-order chi connectivity index (χ0) is 12.5. The summed E-state index contributed by atoms with van der Waals surface area (Å²) in [6, 6.07) is 0.468. The molecule has 0 spiro atoms. The van der Waals surface area contributed by atoms with Crippen molar-refractivity contribution in [1.29, 1.82) is 0 Å². The number of rotatable bonds is 7. The molecule has 1 fully saturated rings. The summed E-state index contributed by atoms with van der Waals surface area (Å²) in [7, 11) is 1.76. The molecule has 0 radical (unpaired) electrons. The maximum absolute atomic E-state index is 5.12. The minimum absolute atomic E-state index is 0.468. The topological polar surface area (TPSA) is 24.5 Å². The van der Waals surface area contributed by atoms with Crippen molar-refractivity contribution in [3.63, 3.8) is 0 Å². The number of likely N-dealkylation sites (tertiary alicyclic amines) is 1. The molecular weight excluding hydrogens is 212 g/mol. The third-order valence-corrected chi connectivity index (χ3v) is 3.86. The molecule has 0 bridgehead atoms. The van der Waals surface area contributed by atoms with Crippen molar-refractivity contribution >= 4 is 0 Å². The quantitative estimate of drug-likeness (QED) is 0.740. The minimum atomic E-state index is 0.468. The molecule has 1 aliphatic heterocycles. The molecule has 3 nitrogen and oxygen atoms in total. The molecule has 1 heterocycles. The Morgan fingerprint density at radius 1 is 1.35 bits per heavy atom. The van der Waals surface area contributed by atoms with Gasteiger partial charge in [-0.3, -0.25) is 0 Å². The summed E-state index contributed by atoms with van der Waals surface area (Å²) >= 11 is 0. The van der Waals surface area contributed by atoms with E-state index in [-0.39, 0.29) is 0 Å². The monoisotopic (exact) mass is 242 g/mol. The van der Waals surface area contributed by atoms with Gasteiger partial charge in [-0.15, -0.1) is 0 Å². The van der Waals surface area contributed by atoms with E-state index < -0.39 is 0 Å². The van der Waals surface area contributed by atoms with Crippen molar-refractivity contribution in [3.8, 4) is 0 Å². The highest BCUT2D eigenvalue weighted by molar-refractivity contribution is 4.70. The van der Waals surface area contributed by atoms with Crippen LogP contribution in [-0.2, 0) is 4.74 Å². The third-order valence-electron chi connectivity index (χ3n) is 3.86. The van der Waals surface area contributed by atoms with E-state index in [0.29, 0.717) is 6.04 Å². The van der Waals surface area contributed by atoms with Gasteiger partial charge in [-0.1, -0.05) is 13.3 Å². The Hall–Kier alpha value is -0.120. The molecule has 0 aromatic carbocycles. The van der Waals surface area contributed by atoms with Crippen LogP contribution in [0.1, 0.15) is 39.5 Å². The summed E-state index contributed by atoms with van der Waals surface area (Å²) in [4.78, 5) is 2.61. The molecule has 1 aliphatic rings. The molecule has 102 valence electrons. The normalized spacial score (nSPS) is 24.5. The van der Waals surface area contributed by atoms with Gasteiger partial charge in [0.1, 0.15) is 0 Å². The summed E-state index contributed by atoms with van der Waals surface area (Å²) in [5.41, 5.74) is 0. The number of hydrogen-bond donors (Lipinski definition) is 1. The number of nitrogens with zero attached hydrogens (tertiary/aromatic N) is 1. The van der Waals surface area contributed by atoms with E-state index in [0.717, 1.165) is 19.1 Å². The first-order valence-electron chi connectivity index (χ1n) is 7.21. The van der Waals surface area contributed by atoms with Gasteiger partial charge in [0.05, 0.1) is 6.61 Å². The summed E-state index contributed by atoms with van der Waals surface area (Å²) in [5, 5.41) is 3.51. The SMILES string of the molecule is CCC1CCCN(CCNC(C)COC)CC1. The van der Waals surface area contributed by atoms with Crippen LogP contribution in [0.15, 0.2) is 0 Å². The second kappa shape index (κ2) is 8.90. The van der Waals surface area contributed by atoms with Crippen LogP contribution >= 0.6 is 0 Å². The number of hydrogen-bond acceptors (Lipinski definition) is 3. The van der Waals surface area contributed by atoms with E-state index in [4.69, 9.17) is 4.74 Å². The van der Waals surface area contributed by atoms with Crippen LogP contribution in [0.2, 0.25) is 0 Å². The maximum atomic E-state index is 5.12. The highest BCUT2D eigenvalue weighted by atomic mass is 16.5. The molecule has 0 aromatic heterocycles. The van der Waals surface area contributed by atoms with Crippen LogP contribution in [0.25, 0.3) is 0 Å². The predicted octanol–water partition coefficient (Wildman–Crippen LogP) is 2.12. The highest BCUT2D eigenvalue weighted by Gasteiger charge is 2.15. The van der Waals surface area contributed by atoms with Gasteiger partial charge in [-0.2, -0.15) is 0 Å². The molecule has 0 saturated carbocycles. The van der Waals surface area contributed by atoms with E-state index in [1.165, 1.54) is 45.3 Å². The fourth-order valence-corrected chi connectivity index (χ4v) is 2.63. The lowest BCUT2D eigenvalue weighted by Crippen LogP contribution is -2.38. The molecule has 0 aliphatic carbocycles. The van der Waals surface area contributed by atoms with Crippen molar-refractivity contribution in [1.82, 2.24) is 10.2 Å². The first-order valence-corrected chi connectivity index (χ1v) is 7.21. The minimum Gasteiger partial charge on any atom is -0.383 e. The Balaban J connectivity index is 2.10. The molecule has 3 heteroatoms. The van der Waals surface area contributed by atoms with Gasteiger partial charge in [0.2, 0.25) is 0 Å². The lowest BCUT2D eigenvalue weighted by Gasteiger charge is -2.21. The highest BCUT2D eigenvalue weighted by Crippen LogP contribution is 2.19. The van der Waals surface area contributed by atoms with E-state index in [1.54, 1.807) is 7.11 Å². The molecule has 1 rings (SSSR count). The van der Waals surface area contributed by atoms with Crippen molar-refractivity contribution in [3.05, 3.63) is 0 Å². The van der Waals surface area contributed by atoms with Crippen LogP contribution in [0.3, 0.4) is 0 Å². The van der Waals surface area contributed by atoms with E-state index in [1.807, 2.05) is 0 Å². The lowest BCUT2D eigenvalue weighted by molar-refractivity contribution is 0.169. The van der Waals surface area contributed by atoms with Crippen LogP contribution in [0.4, 0.5) is 0 Å². The number of nitrogens with one attached hydrogen (secondary N) is 1. The molecular formula is C14H30N2O. The van der Waals surface area contributed by atoms with Gasteiger partial charge >= 0.3 is 0 Å². The Bertz CT molecular complexity index is 187. The lowest BCUT2D eigenvalue weighted by atomic mass is 9.98. The largest absolute Gasteiger partial charge is 0.383 e. The molecule has 1 saturated heterocycles. The van der Waals surface area contributed by atoms with Crippen LogP contribution in [0.5, 0.6) is 0 Å².